The van der Waals surface area contributed by atoms with Crippen LogP contribution in [0.1, 0.15) is 36.4 Å². The van der Waals surface area contributed by atoms with E-state index in [0.717, 1.165) is 19.3 Å². The number of aryl methyl sites for hydroxylation is 2. The first-order chi connectivity index (χ1) is 9.54. The second kappa shape index (κ2) is 6.79. The second-order valence-corrected chi connectivity index (χ2v) is 7.31. The molecule has 1 saturated heterocycles. The zero-order chi connectivity index (χ0) is 14.7. The molecule has 1 aromatic heterocycles. The van der Waals surface area contributed by atoms with Crippen molar-refractivity contribution in [2.24, 2.45) is 11.8 Å². The quantitative estimate of drug-likeness (QED) is 0.735. The van der Waals surface area contributed by atoms with Gasteiger partial charge in [0.15, 0.2) is 0 Å². The Balaban J connectivity index is 1.90. The fourth-order valence-electron chi connectivity index (χ4n) is 3.21. The van der Waals surface area contributed by atoms with Crippen LogP contribution in [0.4, 0.5) is 0 Å². The second-order valence-electron chi connectivity index (χ2n) is 5.94. The van der Waals surface area contributed by atoms with E-state index < -0.39 is 0 Å². The van der Waals surface area contributed by atoms with E-state index in [0.29, 0.717) is 30.7 Å². The summed E-state index contributed by atoms with van der Waals surface area (Å²) in [4.78, 5) is 17.1. The molecule has 3 unspecified atom stereocenters. The molecule has 4 heteroatoms. The van der Waals surface area contributed by atoms with Crippen LogP contribution in [-0.2, 0) is 11.2 Å². The number of nitrogens with zero attached hydrogens (tertiary/aromatic N) is 1. The van der Waals surface area contributed by atoms with Crippen LogP contribution in [-0.4, -0.2) is 31.2 Å². The van der Waals surface area contributed by atoms with Crippen LogP contribution in [0, 0.1) is 18.8 Å². The summed E-state index contributed by atoms with van der Waals surface area (Å²) >= 11 is 1.88. The third kappa shape index (κ3) is 3.28. The molecule has 1 fully saturated rings. The average molecular weight is 289 g/mol. The lowest BCUT2D eigenvalue weighted by Crippen LogP contribution is -2.35. The van der Waals surface area contributed by atoms with Gasteiger partial charge in [0, 0.05) is 28.3 Å². The summed E-state index contributed by atoms with van der Waals surface area (Å²) in [7, 11) is 5.65. The van der Waals surface area contributed by atoms with Crippen molar-refractivity contribution in [1.82, 2.24) is 4.90 Å². The van der Waals surface area contributed by atoms with Crippen LogP contribution >= 0.6 is 11.3 Å². The highest BCUT2D eigenvalue weighted by atomic mass is 32.1. The van der Waals surface area contributed by atoms with Gasteiger partial charge in [-0.15, -0.1) is 11.3 Å². The van der Waals surface area contributed by atoms with E-state index in [1.165, 1.54) is 9.75 Å². The Kier molecular flexibility index (Phi) is 5.31. The highest BCUT2D eigenvalue weighted by Crippen LogP contribution is 2.33. The molecule has 1 aromatic rings. The fourth-order valence-corrected chi connectivity index (χ4v) is 4.14. The van der Waals surface area contributed by atoms with Crippen molar-refractivity contribution in [3.05, 3.63) is 21.9 Å². The number of hydrogen-bond acceptors (Lipinski definition) is 2. The first-order valence-corrected chi connectivity index (χ1v) is 8.42. The van der Waals surface area contributed by atoms with Crippen molar-refractivity contribution < 1.29 is 4.79 Å². The first kappa shape index (κ1) is 15.6. The van der Waals surface area contributed by atoms with E-state index >= 15 is 0 Å². The Bertz CT molecular complexity index is 459. The molecule has 1 amide bonds. The zero-order valence-corrected chi connectivity index (χ0v) is 13.6. The van der Waals surface area contributed by atoms with Crippen LogP contribution < -0.4 is 0 Å². The molecule has 108 valence electrons. The van der Waals surface area contributed by atoms with Gasteiger partial charge in [-0.05, 0) is 44.2 Å². The zero-order valence-electron chi connectivity index (χ0n) is 12.8. The minimum absolute atomic E-state index is 0.149. The van der Waals surface area contributed by atoms with E-state index in [-0.39, 0.29) is 5.92 Å². The Morgan fingerprint density at radius 2 is 2.10 bits per heavy atom. The summed E-state index contributed by atoms with van der Waals surface area (Å²) in [5.74, 6) is 0.884. The molecule has 2 rings (SSSR count). The molecule has 0 spiro atoms. The lowest BCUT2D eigenvalue weighted by molar-refractivity contribution is -0.131. The monoisotopic (exact) mass is 289 g/mol. The summed E-state index contributed by atoms with van der Waals surface area (Å²) in [5, 5.41) is 0. The van der Waals surface area contributed by atoms with Crippen LogP contribution in [0.5, 0.6) is 0 Å². The number of likely N-dealkylation sites (tertiary alicyclic amines) is 1. The Morgan fingerprint density at radius 1 is 1.35 bits per heavy atom. The number of carbonyl (C=O) groups is 1. The Morgan fingerprint density at radius 3 is 2.70 bits per heavy atom. The van der Waals surface area contributed by atoms with Gasteiger partial charge in [-0.1, -0.05) is 20.2 Å². The van der Waals surface area contributed by atoms with Crippen molar-refractivity contribution in [2.75, 3.05) is 6.54 Å². The molecule has 0 N–H and O–H groups in total. The molecule has 2 nitrogen and oxygen atoms in total. The van der Waals surface area contributed by atoms with Crippen LogP contribution in [0.25, 0.3) is 0 Å². The van der Waals surface area contributed by atoms with Crippen molar-refractivity contribution in [1.29, 1.82) is 0 Å². The summed E-state index contributed by atoms with van der Waals surface area (Å²) in [6.07, 6.45) is 3.93. The Labute approximate surface area is 128 Å². The minimum atomic E-state index is 0.149. The van der Waals surface area contributed by atoms with Crippen molar-refractivity contribution in [2.45, 2.75) is 52.4 Å². The molecule has 0 aliphatic carbocycles. The van der Waals surface area contributed by atoms with Gasteiger partial charge in [0.1, 0.15) is 0 Å². The predicted molar refractivity (Wildman–Crippen MR) is 86.4 cm³/mol. The van der Waals surface area contributed by atoms with Gasteiger partial charge in [0.2, 0.25) is 5.91 Å². The SMILES string of the molecule is [B]CCN1C(=O)C(C)C(C)C1CCCc1ccc(C)s1. The minimum Gasteiger partial charge on any atom is -0.340 e. The van der Waals surface area contributed by atoms with E-state index in [1.807, 2.05) is 16.2 Å². The van der Waals surface area contributed by atoms with Crippen LogP contribution in [0.2, 0.25) is 6.32 Å². The fraction of sp³-hybridized carbons (Fsp3) is 0.688. The van der Waals surface area contributed by atoms with Gasteiger partial charge in [0.05, 0.1) is 7.85 Å². The standard InChI is InChI=1S/C16H24BNOS/c1-11-7-8-14(20-11)5-4-6-15-12(2)13(3)16(19)18(15)10-9-17/h7-8,12-13,15H,4-6,9-10H2,1-3H3. The summed E-state index contributed by atoms with van der Waals surface area (Å²) in [6.45, 7) is 7.12. The third-order valence-electron chi connectivity index (χ3n) is 4.56. The smallest absolute Gasteiger partial charge is 0.225 e. The maximum Gasteiger partial charge on any atom is 0.225 e. The van der Waals surface area contributed by atoms with Crippen molar-refractivity contribution in [3.63, 3.8) is 0 Å². The molecule has 1 aliphatic rings. The summed E-state index contributed by atoms with van der Waals surface area (Å²) in [6, 6.07) is 4.79. The van der Waals surface area contributed by atoms with E-state index in [2.05, 4.69) is 32.9 Å². The molecule has 2 heterocycles. The highest BCUT2D eigenvalue weighted by Gasteiger charge is 2.41. The number of hydrogen-bond donors (Lipinski definition) is 0. The Hall–Kier alpha value is -0.765. The number of amides is 1. The molecule has 0 saturated carbocycles. The molecular weight excluding hydrogens is 265 g/mol. The number of rotatable bonds is 6. The maximum atomic E-state index is 12.2. The highest BCUT2D eigenvalue weighted by molar-refractivity contribution is 7.11. The normalized spacial score (nSPS) is 26.4. The van der Waals surface area contributed by atoms with Gasteiger partial charge in [-0.3, -0.25) is 4.79 Å². The number of carbonyl (C=O) groups excluding carboxylic acids is 1. The first-order valence-electron chi connectivity index (χ1n) is 7.60. The lowest BCUT2D eigenvalue weighted by atomic mass is 9.90. The predicted octanol–water partition coefficient (Wildman–Crippen LogP) is 3.45. The molecule has 0 bridgehead atoms. The molecular formula is C16H24BNOS. The summed E-state index contributed by atoms with van der Waals surface area (Å²) < 4.78 is 0. The van der Waals surface area contributed by atoms with Crippen molar-refractivity contribution in [3.8, 4) is 0 Å². The molecule has 3 atom stereocenters. The lowest BCUT2D eigenvalue weighted by Gasteiger charge is -2.26. The van der Waals surface area contributed by atoms with E-state index in [9.17, 15) is 4.79 Å². The molecule has 0 aromatic carbocycles. The topological polar surface area (TPSA) is 20.3 Å². The molecule has 1 aliphatic heterocycles. The third-order valence-corrected chi connectivity index (χ3v) is 5.62. The molecule has 2 radical (unpaired) electrons. The van der Waals surface area contributed by atoms with Crippen LogP contribution in [0.3, 0.4) is 0 Å². The maximum absolute atomic E-state index is 12.2. The van der Waals surface area contributed by atoms with Crippen molar-refractivity contribution >= 4 is 25.1 Å². The van der Waals surface area contributed by atoms with Gasteiger partial charge < -0.3 is 4.90 Å². The van der Waals surface area contributed by atoms with Gasteiger partial charge in [-0.25, -0.2) is 0 Å². The largest absolute Gasteiger partial charge is 0.340 e. The number of thiophene rings is 1. The van der Waals surface area contributed by atoms with Gasteiger partial charge >= 0.3 is 0 Å². The van der Waals surface area contributed by atoms with Gasteiger partial charge in [0.25, 0.3) is 0 Å². The van der Waals surface area contributed by atoms with Crippen LogP contribution in [0.15, 0.2) is 12.1 Å². The average Bonchev–Trinajstić information content (AvgIpc) is 2.92. The van der Waals surface area contributed by atoms with E-state index in [1.54, 1.807) is 0 Å². The summed E-state index contributed by atoms with van der Waals surface area (Å²) in [5.41, 5.74) is 0. The van der Waals surface area contributed by atoms with Gasteiger partial charge in [-0.2, -0.15) is 0 Å². The molecule has 20 heavy (non-hydrogen) atoms. The van der Waals surface area contributed by atoms with E-state index in [4.69, 9.17) is 7.85 Å².